The van der Waals surface area contributed by atoms with Gasteiger partial charge in [0.2, 0.25) is 0 Å². The Kier molecular flexibility index (Phi) is 5.33. The van der Waals surface area contributed by atoms with Gasteiger partial charge in [0.05, 0.1) is 18.1 Å². The highest BCUT2D eigenvalue weighted by Crippen LogP contribution is 2.48. The molecule has 0 aromatic heterocycles. The first-order valence-electron chi connectivity index (χ1n) is 9.41. The van der Waals surface area contributed by atoms with Gasteiger partial charge in [0, 0.05) is 19.6 Å². The van der Waals surface area contributed by atoms with Gasteiger partial charge in [0.15, 0.2) is 0 Å². The second-order valence-electron chi connectivity index (χ2n) is 7.83. The minimum absolute atomic E-state index is 0.111. The first-order chi connectivity index (χ1) is 11.5. The van der Waals surface area contributed by atoms with Crippen LogP contribution < -0.4 is 5.32 Å². The monoisotopic (exact) mass is 338 g/mol. The topological polar surface area (TPSA) is 78.9 Å². The Bertz CT molecular complexity index is 484. The van der Waals surface area contributed by atoms with Crippen molar-refractivity contribution < 1.29 is 19.4 Å². The molecule has 1 heterocycles. The molecule has 0 radical (unpaired) electrons. The van der Waals surface area contributed by atoms with E-state index in [4.69, 9.17) is 4.74 Å². The molecule has 1 aliphatic heterocycles. The van der Waals surface area contributed by atoms with Gasteiger partial charge in [-0.25, -0.2) is 4.79 Å². The average Bonchev–Trinajstić information content (AvgIpc) is 3.11. The van der Waals surface area contributed by atoms with Crippen LogP contribution in [0.5, 0.6) is 0 Å². The Morgan fingerprint density at radius 2 is 2.04 bits per heavy atom. The van der Waals surface area contributed by atoms with Gasteiger partial charge in [-0.2, -0.15) is 0 Å². The first kappa shape index (κ1) is 17.5. The Labute approximate surface area is 143 Å². The number of carbonyl (C=O) groups is 2. The minimum Gasteiger partial charge on any atom is -0.481 e. The Balaban J connectivity index is 1.41. The van der Waals surface area contributed by atoms with E-state index < -0.39 is 11.4 Å². The number of urea groups is 1. The molecular weight excluding hydrogens is 308 g/mol. The van der Waals surface area contributed by atoms with Crippen molar-refractivity contribution in [3.05, 3.63) is 0 Å². The highest BCUT2D eigenvalue weighted by Gasteiger charge is 2.55. The fourth-order valence-electron chi connectivity index (χ4n) is 4.80. The zero-order chi connectivity index (χ0) is 17.2. The summed E-state index contributed by atoms with van der Waals surface area (Å²) in [6.07, 6.45) is 7.75. The maximum Gasteiger partial charge on any atom is 0.317 e. The number of rotatable bonds is 5. The molecule has 2 N–H and O–H groups in total. The van der Waals surface area contributed by atoms with Gasteiger partial charge in [0.1, 0.15) is 0 Å². The van der Waals surface area contributed by atoms with Gasteiger partial charge in [-0.3, -0.25) is 4.79 Å². The van der Waals surface area contributed by atoms with E-state index in [0.29, 0.717) is 44.7 Å². The van der Waals surface area contributed by atoms with Crippen molar-refractivity contribution in [2.24, 2.45) is 17.3 Å². The van der Waals surface area contributed by atoms with Gasteiger partial charge in [-0.1, -0.05) is 26.2 Å². The molecule has 4 atom stereocenters. The maximum absolute atomic E-state index is 12.3. The number of nitrogens with one attached hydrogen (secondary N) is 1. The molecule has 3 aliphatic rings. The number of ether oxygens (including phenoxy) is 1. The molecule has 0 aromatic rings. The number of nitrogens with zero attached hydrogens (tertiary/aromatic N) is 1. The van der Waals surface area contributed by atoms with Crippen LogP contribution in [0.2, 0.25) is 0 Å². The summed E-state index contributed by atoms with van der Waals surface area (Å²) in [4.78, 5) is 25.7. The number of fused-ring (bicyclic) bond motifs is 1. The Morgan fingerprint density at radius 1 is 1.25 bits per heavy atom. The third kappa shape index (κ3) is 3.39. The van der Waals surface area contributed by atoms with Crippen LogP contribution in [0.25, 0.3) is 0 Å². The molecular formula is C18H30N2O4. The van der Waals surface area contributed by atoms with Crippen molar-refractivity contribution in [1.82, 2.24) is 10.2 Å². The van der Waals surface area contributed by atoms with E-state index in [1.165, 1.54) is 19.3 Å². The van der Waals surface area contributed by atoms with Crippen molar-refractivity contribution in [2.75, 3.05) is 26.2 Å². The number of hydrogen-bond acceptors (Lipinski definition) is 3. The van der Waals surface area contributed by atoms with E-state index in [1.807, 2.05) is 0 Å². The van der Waals surface area contributed by atoms with E-state index in [2.05, 4.69) is 12.2 Å². The van der Waals surface area contributed by atoms with Crippen LogP contribution in [0.3, 0.4) is 0 Å². The minimum atomic E-state index is -0.741. The van der Waals surface area contributed by atoms with Gasteiger partial charge in [-0.15, -0.1) is 0 Å². The largest absolute Gasteiger partial charge is 0.481 e. The van der Waals surface area contributed by atoms with E-state index in [9.17, 15) is 14.7 Å². The molecule has 2 saturated carbocycles. The fraction of sp³-hybridized carbons (Fsp3) is 0.889. The highest BCUT2D eigenvalue weighted by molar-refractivity contribution is 5.80. The predicted octanol–water partition coefficient (Wildman–Crippen LogP) is 2.48. The lowest BCUT2D eigenvalue weighted by Gasteiger charge is -2.29. The zero-order valence-corrected chi connectivity index (χ0v) is 14.6. The van der Waals surface area contributed by atoms with Crippen molar-refractivity contribution in [2.45, 2.75) is 58.0 Å². The van der Waals surface area contributed by atoms with Crippen molar-refractivity contribution in [3.8, 4) is 0 Å². The fourth-order valence-corrected chi connectivity index (χ4v) is 4.80. The third-order valence-corrected chi connectivity index (χ3v) is 6.33. The highest BCUT2D eigenvalue weighted by atomic mass is 16.5. The van der Waals surface area contributed by atoms with E-state index in [0.717, 1.165) is 19.3 Å². The molecule has 6 nitrogen and oxygen atoms in total. The lowest BCUT2D eigenvalue weighted by atomic mass is 9.81. The summed E-state index contributed by atoms with van der Waals surface area (Å²) in [5, 5.41) is 12.5. The number of carboxylic acid groups (broad SMARTS) is 1. The molecule has 0 bridgehead atoms. The molecule has 0 aromatic carbocycles. The number of carboxylic acids is 1. The number of aliphatic carboxylic acids is 1. The standard InChI is InChI=1S/C18H30N2O4/c1-13-5-2-3-7-15(13)24-10-9-19-17(23)20-11-14-6-4-8-18(14,12-20)16(21)22/h13-15H,2-12H2,1H3,(H,19,23)(H,21,22)/t13?,14-,15?,18+/m0/s1. The van der Waals surface area contributed by atoms with Gasteiger partial charge in [-0.05, 0) is 37.5 Å². The van der Waals surface area contributed by atoms with Crippen LogP contribution in [0, 0.1) is 17.3 Å². The summed E-state index contributed by atoms with van der Waals surface area (Å²) in [6.45, 7) is 4.17. The number of hydrogen-bond donors (Lipinski definition) is 2. The van der Waals surface area contributed by atoms with E-state index >= 15 is 0 Å². The second-order valence-corrected chi connectivity index (χ2v) is 7.83. The molecule has 3 fully saturated rings. The second kappa shape index (κ2) is 7.30. The van der Waals surface area contributed by atoms with E-state index in [1.54, 1.807) is 4.90 Å². The van der Waals surface area contributed by atoms with Crippen molar-refractivity contribution in [3.63, 3.8) is 0 Å². The van der Waals surface area contributed by atoms with Crippen LogP contribution in [0.4, 0.5) is 4.79 Å². The van der Waals surface area contributed by atoms with Crippen LogP contribution in [-0.2, 0) is 9.53 Å². The number of carbonyl (C=O) groups excluding carboxylic acids is 1. The molecule has 1 saturated heterocycles. The maximum atomic E-state index is 12.3. The summed E-state index contributed by atoms with van der Waals surface area (Å²) < 4.78 is 5.91. The number of amides is 2. The first-order valence-corrected chi connectivity index (χ1v) is 9.41. The van der Waals surface area contributed by atoms with Crippen LogP contribution in [0.15, 0.2) is 0 Å². The summed E-state index contributed by atoms with van der Waals surface area (Å²) in [6, 6.07) is -0.148. The van der Waals surface area contributed by atoms with Gasteiger partial charge in [0.25, 0.3) is 0 Å². The zero-order valence-electron chi connectivity index (χ0n) is 14.6. The smallest absolute Gasteiger partial charge is 0.317 e. The van der Waals surface area contributed by atoms with Crippen LogP contribution >= 0.6 is 0 Å². The molecule has 24 heavy (non-hydrogen) atoms. The van der Waals surface area contributed by atoms with Crippen molar-refractivity contribution >= 4 is 12.0 Å². The third-order valence-electron chi connectivity index (χ3n) is 6.33. The summed E-state index contributed by atoms with van der Waals surface area (Å²) in [5.74, 6) is -0.0298. The van der Waals surface area contributed by atoms with Crippen LogP contribution in [0.1, 0.15) is 51.9 Å². The lowest BCUT2D eigenvalue weighted by molar-refractivity contribution is -0.149. The quantitative estimate of drug-likeness (QED) is 0.755. The predicted molar refractivity (Wildman–Crippen MR) is 89.8 cm³/mol. The Morgan fingerprint density at radius 3 is 2.75 bits per heavy atom. The lowest BCUT2D eigenvalue weighted by Crippen LogP contribution is -2.43. The molecule has 2 aliphatic carbocycles. The molecule has 136 valence electrons. The summed E-state index contributed by atoms with van der Waals surface area (Å²) >= 11 is 0. The van der Waals surface area contributed by atoms with Crippen molar-refractivity contribution in [1.29, 1.82) is 0 Å². The molecule has 3 rings (SSSR count). The van der Waals surface area contributed by atoms with E-state index in [-0.39, 0.29) is 11.9 Å². The molecule has 0 spiro atoms. The van der Waals surface area contributed by atoms with Gasteiger partial charge < -0.3 is 20.1 Å². The van der Waals surface area contributed by atoms with Gasteiger partial charge >= 0.3 is 12.0 Å². The SMILES string of the molecule is CC1CCCCC1OCCNC(=O)N1C[C@@H]2CCC[C@@]2(C(=O)O)C1. The summed E-state index contributed by atoms with van der Waals surface area (Å²) in [7, 11) is 0. The normalized spacial score (nSPS) is 35.7. The Hall–Kier alpha value is -1.30. The molecule has 2 unspecified atom stereocenters. The molecule has 2 amide bonds. The molecule has 6 heteroatoms. The van der Waals surface area contributed by atoms with Crippen LogP contribution in [-0.4, -0.2) is 54.4 Å². The average molecular weight is 338 g/mol. The number of likely N-dealkylation sites (tertiary alicyclic amines) is 1. The summed E-state index contributed by atoms with van der Waals surface area (Å²) in [5.41, 5.74) is -0.703.